The maximum atomic E-state index is 12.2. The maximum Gasteiger partial charge on any atom is 0.315 e. The second kappa shape index (κ2) is 7.28. The Morgan fingerprint density at radius 1 is 1.11 bits per heavy atom. The molecule has 0 amide bonds. The van der Waals surface area contributed by atoms with Gasteiger partial charge in [-0.05, 0) is 24.3 Å². The van der Waals surface area contributed by atoms with Gasteiger partial charge in [-0.2, -0.15) is 0 Å². The van der Waals surface area contributed by atoms with Crippen molar-refractivity contribution in [2.75, 3.05) is 0 Å². The average Bonchev–Trinajstić information content (AvgIpc) is 3.12. The van der Waals surface area contributed by atoms with Crippen molar-refractivity contribution >= 4 is 22.8 Å². The Balaban J connectivity index is 1.53. The van der Waals surface area contributed by atoms with Crippen LogP contribution in [0.5, 0.6) is 5.75 Å². The van der Waals surface area contributed by atoms with Gasteiger partial charge in [0.25, 0.3) is 5.69 Å². The number of para-hydroxylation sites is 1. The number of nitro groups is 1. The van der Waals surface area contributed by atoms with E-state index in [9.17, 15) is 14.9 Å². The molecule has 28 heavy (non-hydrogen) atoms. The Kier molecular flexibility index (Phi) is 4.51. The normalized spacial score (nSPS) is 10.7. The van der Waals surface area contributed by atoms with Gasteiger partial charge in [0.05, 0.1) is 11.3 Å². The molecule has 4 rings (SSSR count). The van der Waals surface area contributed by atoms with Crippen molar-refractivity contribution < 1.29 is 18.9 Å². The Morgan fingerprint density at radius 3 is 2.71 bits per heavy atom. The zero-order valence-corrected chi connectivity index (χ0v) is 14.4. The van der Waals surface area contributed by atoms with Gasteiger partial charge in [-0.1, -0.05) is 24.3 Å². The molecule has 8 nitrogen and oxygen atoms in total. The highest BCUT2D eigenvalue weighted by atomic mass is 16.6. The molecule has 0 spiro atoms. The Labute approximate surface area is 158 Å². The van der Waals surface area contributed by atoms with Crippen LogP contribution >= 0.6 is 0 Å². The first kappa shape index (κ1) is 17.3. The smallest absolute Gasteiger partial charge is 0.315 e. The van der Waals surface area contributed by atoms with Gasteiger partial charge >= 0.3 is 5.97 Å². The molecule has 2 aromatic carbocycles. The highest BCUT2D eigenvalue weighted by molar-refractivity contribution is 5.80. The van der Waals surface area contributed by atoms with Crippen LogP contribution in [-0.2, 0) is 11.2 Å². The maximum absolute atomic E-state index is 12.2. The molecule has 0 atom stereocenters. The lowest BCUT2D eigenvalue weighted by atomic mass is 10.1. The Bertz CT molecular complexity index is 1170. The Morgan fingerprint density at radius 2 is 1.93 bits per heavy atom. The minimum atomic E-state index is -0.613. The van der Waals surface area contributed by atoms with Crippen LogP contribution in [0, 0.1) is 10.1 Å². The molecule has 0 saturated carbocycles. The number of oxazole rings is 1. The third-order valence-electron chi connectivity index (χ3n) is 4.00. The van der Waals surface area contributed by atoms with E-state index >= 15 is 0 Å². The molecule has 2 heterocycles. The minimum Gasteiger partial charge on any atom is -0.435 e. The molecule has 4 aromatic rings. The fraction of sp³-hybridized carbons (Fsp3) is 0.0500. The van der Waals surface area contributed by atoms with Gasteiger partial charge < -0.3 is 9.15 Å². The van der Waals surface area contributed by atoms with Crippen LogP contribution in [-0.4, -0.2) is 20.9 Å². The lowest BCUT2D eigenvalue weighted by Crippen LogP contribution is -2.12. The van der Waals surface area contributed by atoms with Crippen molar-refractivity contribution in [1.82, 2.24) is 9.97 Å². The summed E-state index contributed by atoms with van der Waals surface area (Å²) >= 11 is 0. The quantitative estimate of drug-likeness (QED) is 0.225. The lowest BCUT2D eigenvalue weighted by molar-refractivity contribution is -0.385. The van der Waals surface area contributed by atoms with Crippen LogP contribution in [0.25, 0.3) is 22.7 Å². The average molecular weight is 375 g/mol. The molecule has 0 aliphatic heterocycles. The first-order valence-corrected chi connectivity index (χ1v) is 8.35. The molecule has 0 saturated heterocycles. The summed E-state index contributed by atoms with van der Waals surface area (Å²) in [6, 6.07) is 16.3. The summed E-state index contributed by atoms with van der Waals surface area (Å²) in [5, 5.41) is 11.1. The number of hydrogen-bond acceptors (Lipinski definition) is 7. The van der Waals surface area contributed by atoms with E-state index in [-0.39, 0.29) is 23.4 Å². The highest BCUT2D eigenvalue weighted by Crippen LogP contribution is 2.26. The van der Waals surface area contributed by atoms with Gasteiger partial charge in [0.2, 0.25) is 5.89 Å². The van der Waals surface area contributed by atoms with Gasteiger partial charge in [-0.3, -0.25) is 19.9 Å². The monoisotopic (exact) mass is 375 g/mol. The minimum absolute atomic E-state index is 0.120. The van der Waals surface area contributed by atoms with E-state index in [1.165, 1.54) is 12.1 Å². The summed E-state index contributed by atoms with van der Waals surface area (Å²) in [5.41, 5.74) is 1.80. The van der Waals surface area contributed by atoms with Crippen LogP contribution in [0.2, 0.25) is 0 Å². The molecule has 2 aromatic heterocycles. The summed E-state index contributed by atoms with van der Waals surface area (Å²) in [7, 11) is 0. The summed E-state index contributed by atoms with van der Waals surface area (Å²) in [6.07, 6.45) is 1.42. The first-order valence-electron chi connectivity index (χ1n) is 8.35. The van der Waals surface area contributed by atoms with Gasteiger partial charge in [0.15, 0.2) is 5.58 Å². The number of fused-ring (bicyclic) bond motifs is 1. The number of nitro benzene ring substituents is 1. The van der Waals surface area contributed by atoms with Crippen LogP contribution in [0.3, 0.4) is 0 Å². The summed E-state index contributed by atoms with van der Waals surface area (Å²) in [6.45, 7) is 0. The molecule has 8 heteroatoms. The number of benzene rings is 2. The van der Waals surface area contributed by atoms with Gasteiger partial charge in [0, 0.05) is 23.9 Å². The van der Waals surface area contributed by atoms with Crippen molar-refractivity contribution in [3.63, 3.8) is 0 Å². The van der Waals surface area contributed by atoms with E-state index in [2.05, 4.69) is 9.97 Å². The van der Waals surface area contributed by atoms with E-state index in [0.29, 0.717) is 22.7 Å². The van der Waals surface area contributed by atoms with E-state index in [0.717, 1.165) is 0 Å². The molecule has 138 valence electrons. The zero-order chi connectivity index (χ0) is 19.5. The number of pyridine rings is 1. The van der Waals surface area contributed by atoms with E-state index < -0.39 is 10.9 Å². The summed E-state index contributed by atoms with van der Waals surface area (Å²) in [5.74, 6) is 0.0110. The standard InChI is InChI=1S/C20H13N3O5/c24-19(11-13-5-1-2-7-17(13)23(25)26)27-14-8-9-15-18(12-14)28-20(22-15)16-6-3-4-10-21-16/h1-10,12H,11H2. The lowest BCUT2D eigenvalue weighted by Gasteiger charge is -2.04. The number of aromatic nitrogens is 2. The predicted molar refractivity (Wildman–Crippen MR) is 99.7 cm³/mol. The molecular formula is C20H13N3O5. The number of ether oxygens (including phenoxy) is 1. The van der Waals surface area contributed by atoms with Crippen LogP contribution in [0.15, 0.2) is 71.3 Å². The van der Waals surface area contributed by atoms with Crippen LogP contribution < -0.4 is 4.74 Å². The van der Waals surface area contributed by atoms with Crippen molar-refractivity contribution in [3.8, 4) is 17.3 Å². The largest absolute Gasteiger partial charge is 0.435 e. The van der Waals surface area contributed by atoms with E-state index in [4.69, 9.17) is 9.15 Å². The van der Waals surface area contributed by atoms with Gasteiger partial charge in [-0.25, -0.2) is 4.98 Å². The number of rotatable bonds is 5. The van der Waals surface area contributed by atoms with Crippen LogP contribution in [0.4, 0.5) is 5.69 Å². The van der Waals surface area contributed by atoms with Crippen molar-refractivity contribution in [2.24, 2.45) is 0 Å². The zero-order valence-electron chi connectivity index (χ0n) is 14.4. The molecule has 0 radical (unpaired) electrons. The third-order valence-corrected chi connectivity index (χ3v) is 4.00. The first-order chi connectivity index (χ1) is 13.6. The second-order valence-corrected chi connectivity index (χ2v) is 5.90. The topological polar surface area (TPSA) is 108 Å². The Hall–Kier alpha value is -4.07. The van der Waals surface area contributed by atoms with E-state index in [1.807, 2.05) is 6.07 Å². The number of carbonyl (C=O) groups excluding carboxylic acids is 1. The van der Waals surface area contributed by atoms with Gasteiger partial charge in [-0.15, -0.1) is 0 Å². The summed E-state index contributed by atoms with van der Waals surface area (Å²) < 4.78 is 11.0. The van der Waals surface area contributed by atoms with Crippen molar-refractivity contribution in [3.05, 3.63) is 82.5 Å². The SMILES string of the molecule is O=C(Cc1ccccc1[N+](=O)[O-])Oc1ccc2nc(-c3ccccn3)oc2c1. The number of carbonyl (C=O) groups is 1. The summed E-state index contributed by atoms with van der Waals surface area (Å²) in [4.78, 5) is 31.3. The van der Waals surface area contributed by atoms with Crippen molar-refractivity contribution in [2.45, 2.75) is 6.42 Å². The highest BCUT2D eigenvalue weighted by Gasteiger charge is 2.17. The number of hydrogen-bond donors (Lipinski definition) is 0. The van der Waals surface area contributed by atoms with Crippen LogP contribution in [0.1, 0.15) is 5.56 Å². The molecule has 0 fully saturated rings. The van der Waals surface area contributed by atoms with E-state index in [1.54, 1.807) is 48.7 Å². The fourth-order valence-electron chi connectivity index (χ4n) is 2.73. The molecule has 0 bridgehead atoms. The number of nitrogens with zero attached hydrogens (tertiary/aromatic N) is 3. The number of esters is 1. The predicted octanol–water partition coefficient (Wildman–Crippen LogP) is 3.95. The second-order valence-electron chi connectivity index (χ2n) is 5.90. The molecular weight excluding hydrogens is 362 g/mol. The molecule has 0 aliphatic carbocycles. The van der Waals surface area contributed by atoms with Gasteiger partial charge in [0.1, 0.15) is 17.0 Å². The third kappa shape index (κ3) is 3.56. The molecule has 0 unspecified atom stereocenters. The molecule has 0 N–H and O–H groups in total. The van der Waals surface area contributed by atoms with Crippen molar-refractivity contribution in [1.29, 1.82) is 0 Å². The molecule has 0 aliphatic rings. The fourth-order valence-corrected chi connectivity index (χ4v) is 2.73.